The zero-order valence-electron chi connectivity index (χ0n) is 14.1. The first kappa shape index (κ1) is 16.3. The van der Waals surface area contributed by atoms with Gasteiger partial charge in [-0.05, 0) is 30.7 Å². The number of ether oxygens (including phenoxy) is 1. The van der Waals surface area contributed by atoms with E-state index in [-0.39, 0.29) is 17.6 Å². The van der Waals surface area contributed by atoms with E-state index in [1.54, 1.807) is 24.2 Å². The molecular weight excluding hydrogens is 304 g/mol. The van der Waals surface area contributed by atoms with Crippen LogP contribution in [-0.4, -0.2) is 34.6 Å². The number of piperidine rings is 1. The number of carbonyl (C=O) groups is 1. The summed E-state index contributed by atoms with van der Waals surface area (Å²) in [4.78, 5) is 26.0. The molecule has 0 radical (unpaired) electrons. The molecule has 3 rings (SSSR count). The van der Waals surface area contributed by atoms with Crippen molar-refractivity contribution in [2.75, 3.05) is 13.1 Å². The Bertz CT molecular complexity index is 789. The molecule has 1 amide bonds. The lowest BCUT2D eigenvalue weighted by Gasteiger charge is -2.32. The Morgan fingerprint density at radius 1 is 1.17 bits per heavy atom. The second-order valence-electron chi connectivity index (χ2n) is 6.29. The van der Waals surface area contributed by atoms with Gasteiger partial charge in [0.1, 0.15) is 11.9 Å². The first-order valence-electron chi connectivity index (χ1n) is 8.22. The van der Waals surface area contributed by atoms with Crippen LogP contribution >= 0.6 is 0 Å². The normalized spacial score (nSPS) is 15.3. The fourth-order valence-corrected chi connectivity index (χ4v) is 2.92. The molecule has 1 fully saturated rings. The molecule has 1 aromatic heterocycles. The second-order valence-corrected chi connectivity index (χ2v) is 6.29. The van der Waals surface area contributed by atoms with Crippen molar-refractivity contribution in [3.05, 3.63) is 64.1 Å². The van der Waals surface area contributed by atoms with Gasteiger partial charge in [0.2, 0.25) is 0 Å². The lowest BCUT2D eigenvalue weighted by molar-refractivity contribution is 0.0595. The number of likely N-dealkylation sites (tertiary alicyclic amines) is 1. The Labute approximate surface area is 141 Å². The number of nitrogens with zero attached hydrogens (tertiary/aromatic N) is 2. The molecule has 1 aromatic carbocycles. The fourth-order valence-electron chi connectivity index (χ4n) is 2.92. The van der Waals surface area contributed by atoms with Crippen molar-refractivity contribution in [2.24, 2.45) is 7.05 Å². The summed E-state index contributed by atoms with van der Waals surface area (Å²) >= 11 is 0. The predicted octanol–water partition coefficient (Wildman–Crippen LogP) is 2.38. The molecule has 0 unspecified atom stereocenters. The van der Waals surface area contributed by atoms with Gasteiger partial charge in [0.15, 0.2) is 0 Å². The Balaban J connectivity index is 1.59. The van der Waals surface area contributed by atoms with Crippen LogP contribution in [0.2, 0.25) is 0 Å². The second kappa shape index (κ2) is 6.91. The van der Waals surface area contributed by atoms with Gasteiger partial charge in [0.05, 0.1) is 0 Å². The van der Waals surface area contributed by atoms with Gasteiger partial charge >= 0.3 is 0 Å². The highest BCUT2D eigenvalue weighted by molar-refractivity contribution is 5.94. The fraction of sp³-hybridized carbons (Fsp3) is 0.368. The summed E-state index contributed by atoms with van der Waals surface area (Å²) in [6, 6.07) is 11.1. The van der Waals surface area contributed by atoms with E-state index in [1.807, 2.05) is 31.2 Å². The summed E-state index contributed by atoms with van der Waals surface area (Å²) in [5, 5.41) is 0. The smallest absolute Gasteiger partial charge is 0.254 e. The monoisotopic (exact) mass is 326 g/mol. The van der Waals surface area contributed by atoms with E-state index in [2.05, 4.69) is 0 Å². The first-order valence-corrected chi connectivity index (χ1v) is 8.22. The summed E-state index contributed by atoms with van der Waals surface area (Å²) in [6.45, 7) is 3.33. The SMILES string of the molecule is Cc1cccc(OC2CCN(C(=O)c3ccn(C)c(=O)c3)CC2)c1. The molecule has 2 heterocycles. The maximum Gasteiger partial charge on any atom is 0.254 e. The Hall–Kier alpha value is -2.56. The molecule has 0 spiro atoms. The molecule has 5 nitrogen and oxygen atoms in total. The van der Waals surface area contributed by atoms with Crippen molar-refractivity contribution >= 4 is 5.91 Å². The summed E-state index contributed by atoms with van der Waals surface area (Å²) in [5.41, 5.74) is 1.46. The van der Waals surface area contributed by atoms with Crippen molar-refractivity contribution in [3.8, 4) is 5.75 Å². The summed E-state index contributed by atoms with van der Waals surface area (Å²) in [5.74, 6) is 0.799. The molecule has 126 valence electrons. The van der Waals surface area contributed by atoms with E-state index in [0.717, 1.165) is 18.6 Å². The predicted molar refractivity (Wildman–Crippen MR) is 92.4 cm³/mol. The topological polar surface area (TPSA) is 51.5 Å². The number of rotatable bonds is 3. The zero-order valence-corrected chi connectivity index (χ0v) is 14.1. The van der Waals surface area contributed by atoms with Crippen LogP contribution in [0.4, 0.5) is 0 Å². The molecule has 0 aliphatic carbocycles. The highest BCUT2D eigenvalue weighted by Gasteiger charge is 2.25. The van der Waals surface area contributed by atoms with Crippen molar-refractivity contribution in [3.63, 3.8) is 0 Å². The van der Waals surface area contributed by atoms with Crippen LogP contribution in [0.5, 0.6) is 5.75 Å². The molecule has 0 N–H and O–H groups in total. The van der Waals surface area contributed by atoms with Crippen molar-refractivity contribution in [1.82, 2.24) is 9.47 Å². The third-order valence-electron chi connectivity index (χ3n) is 4.37. The minimum atomic E-state index is -0.168. The highest BCUT2D eigenvalue weighted by Crippen LogP contribution is 2.20. The van der Waals surface area contributed by atoms with E-state index in [1.165, 1.54) is 16.2 Å². The number of hydrogen-bond acceptors (Lipinski definition) is 3. The lowest BCUT2D eigenvalue weighted by atomic mass is 10.1. The van der Waals surface area contributed by atoms with Crippen LogP contribution in [0.1, 0.15) is 28.8 Å². The van der Waals surface area contributed by atoms with Crippen molar-refractivity contribution in [2.45, 2.75) is 25.9 Å². The van der Waals surface area contributed by atoms with E-state index in [9.17, 15) is 9.59 Å². The number of hydrogen-bond donors (Lipinski definition) is 0. The summed E-state index contributed by atoms with van der Waals surface area (Å²) in [7, 11) is 1.67. The van der Waals surface area contributed by atoms with Gasteiger partial charge in [-0.2, -0.15) is 0 Å². The van der Waals surface area contributed by atoms with E-state index in [4.69, 9.17) is 4.74 Å². The molecule has 2 aromatic rings. The quantitative estimate of drug-likeness (QED) is 0.870. The van der Waals surface area contributed by atoms with Crippen LogP contribution < -0.4 is 10.3 Å². The largest absolute Gasteiger partial charge is 0.490 e. The van der Waals surface area contributed by atoms with E-state index in [0.29, 0.717) is 18.7 Å². The van der Waals surface area contributed by atoms with Crippen molar-refractivity contribution in [1.29, 1.82) is 0 Å². The molecular formula is C19H22N2O3. The third kappa shape index (κ3) is 3.67. The first-order chi connectivity index (χ1) is 11.5. The van der Waals surface area contributed by atoms with Crippen molar-refractivity contribution < 1.29 is 9.53 Å². The van der Waals surface area contributed by atoms with E-state index >= 15 is 0 Å². The molecule has 1 aliphatic heterocycles. The highest BCUT2D eigenvalue weighted by atomic mass is 16.5. The summed E-state index contributed by atoms with van der Waals surface area (Å²) in [6.07, 6.45) is 3.34. The van der Waals surface area contributed by atoms with Crippen LogP contribution in [0.15, 0.2) is 47.4 Å². The lowest BCUT2D eigenvalue weighted by Crippen LogP contribution is -2.42. The number of aryl methyl sites for hydroxylation is 2. The number of benzene rings is 1. The number of aromatic nitrogens is 1. The zero-order chi connectivity index (χ0) is 17.1. The number of amides is 1. The van der Waals surface area contributed by atoms with Crippen LogP contribution in [-0.2, 0) is 7.05 Å². The average molecular weight is 326 g/mol. The molecule has 1 saturated heterocycles. The average Bonchev–Trinajstić information content (AvgIpc) is 2.57. The maximum atomic E-state index is 12.5. The molecule has 5 heteroatoms. The van der Waals surface area contributed by atoms with Crippen LogP contribution in [0, 0.1) is 6.92 Å². The minimum absolute atomic E-state index is 0.0818. The third-order valence-corrected chi connectivity index (χ3v) is 4.37. The van der Waals surface area contributed by atoms with Crippen LogP contribution in [0.3, 0.4) is 0 Å². The van der Waals surface area contributed by atoms with Crippen LogP contribution in [0.25, 0.3) is 0 Å². The van der Waals surface area contributed by atoms with Gasteiger partial charge in [-0.3, -0.25) is 9.59 Å². The number of carbonyl (C=O) groups excluding carboxylic acids is 1. The van der Waals surface area contributed by atoms with Gasteiger partial charge in [0, 0.05) is 50.8 Å². The van der Waals surface area contributed by atoms with Gasteiger partial charge in [-0.1, -0.05) is 12.1 Å². The summed E-state index contributed by atoms with van der Waals surface area (Å²) < 4.78 is 7.47. The van der Waals surface area contributed by atoms with Gasteiger partial charge in [-0.15, -0.1) is 0 Å². The number of pyridine rings is 1. The van der Waals surface area contributed by atoms with Gasteiger partial charge in [0.25, 0.3) is 11.5 Å². The minimum Gasteiger partial charge on any atom is -0.490 e. The maximum absolute atomic E-state index is 12.5. The molecule has 0 saturated carbocycles. The Kier molecular flexibility index (Phi) is 4.69. The van der Waals surface area contributed by atoms with Gasteiger partial charge < -0.3 is 14.2 Å². The Morgan fingerprint density at radius 2 is 1.92 bits per heavy atom. The molecule has 24 heavy (non-hydrogen) atoms. The molecule has 1 aliphatic rings. The molecule has 0 atom stereocenters. The van der Waals surface area contributed by atoms with Gasteiger partial charge in [-0.25, -0.2) is 0 Å². The molecule has 0 bridgehead atoms. The Morgan fingerprint density at radius 3 is 2.58 bits per heavy atom. The van der Waals surface area contributed by atoms with E-state index < -0.39 is 0 Å². The standard InChI is InChI=1S/C19H22N2O3/c1-14-4-3-5-17(12-14)24-16-7-10-21(11-8-16)19(23)15-6-9-20(2)18(22)13-15/h3-6,9,12-13,16H,7-8,10-11H2,1-2H3.